The summed E-state index contributed by atoms with van der Waals surface area (Å²) in [5.41, 5.74) is 0.777. The minimum Gasteiger partial charge on any atom is -0.487 e. The minimum atomic E-state index is -3.30. The molecule has 0 aliphatic carbocycles. The molecule has 1 heterocycles. The zero-order valence-electron chi connectivity index (χ0n) is 16.2. The highest BCUT2D eigenvalue weighted by Crippen LogP contribution is 2.39. The molecule has 8 heteroatoms. The Kier molecular flexibility index (Phi) is 6.52. The number of hydrogen-bond donors (Lipinski definition) is 3. The SMILES string of the molecule is CN=C(NCCS(=O)(=O)NC(C)C)NC1CC(C)(C)Oc2ccccc21. The summed E-state index contributed by atoms with van der Waals surface area (Å²) in [6, 6.07) is 7.86. The van der Waals surface area contributed by atoms with Gasteiger partial charge in [-0.25, -0.2) is 13.1 Å². The third kappa shape index (κ3) is 5.88. The van der Waals surface area contributed by atoms with Crippen LogP contribution in [-0.2, 0) is 10.0 Å². The summed E-state index contributed by atoms with van der Waals surface area (Å²) in [4.78, 5) is 4.22. The number of benzene rings is 1. The van der Waals surface area contributed by atoms with Crippen LogP contribution in [-0.4, -0.2) is 45.4 Å². The van der Waals surface area contributed by atoms with Gasteiger partial charge in [0.1, 0.15) is 11.4 Å². The number of nitrogens with zero attached hydrogens (tertiary/aromatic N) is 1. The Morgan fingerprint density at radius 3 is 2.69 bits per heavy atom. The lowest BCUT2D eigenvalue weighted by Crippen LogP contribution is -2.46. The topological polar surface area (TPSA) is 91.8 Å². The second-order valence-electron chi connectivity index (χ2n) is 7.39. The molecule has 1 unspecified atom stereocenters. The summed E-state index contributed by atoms with van der Waals surface area (Å²) >= 11 is 0. The molecular weight excluding hydrogens is 352 g/mol. The molecule has 3 N–H and O–H groups in total. The van der Waals surface area contributed by atoms with Gasteiger partial charge in [-0.1, -0.05) is 18.2 Å². The van der Waals surface area contributed by atoms with Crippen LogP contribution in [0.5, 0.6) is 5.75 Å². The first-order valence-corrected chi connectivity index (χ1v) is 10.5. The monoisotopic (exact) mass is 382 g/mol. The van der Waals surface area contributed by atoms with E-state index in [1.165, 1.54) is 0 Å². The van der Waals surface area contributed by atoms with Gasteiger partial charge in [-0.15, -0.1) is 0 Å². The van der Waals surface area contributed by atoms with Gasteiger partial charge in [0.15, 0.2) is 5.96 Å². The number of nitrogens with one attached hydrogen (secondary N) is 3. The quantitative estimate of drug-likeness (QED) is 0.515. The highest BCUT2D eigenvalue weighted by molar-refractivity contribution is 7.89. The molecule has 1 aromatic carbocycles. The van der Waals surface area contributed by atoms with Gasteiger partial charge in [0.25, 0.3) is 0 Å². The third-order valence-corrected chi connectivity index (χ3v) is 5.56. The van der Waals surface area contributed by atoms with Crippen LogP contribution in [0, 0.1) is 0 Å². The number of para-hydroxylation sites is 1. The molecule has 2 rings (SSSR count). The van der Waals surface area contributed by atoms with Crippen molar-refractivity contribution < 1.29 is 13.2 Å². The average Bonchev–Trinajstić information content (AvgIpc) is 2.51. The number of guanidine groups is 1. The number of ether oxygens (including phenoxy) is 1. The lowest BCUT2D eigenvalue weighted by atomic mass is 9.90. The van der Waals surface area contributed by atoms with Gasteiger partial charge in [-0.05, 0) is 33.8 Å². The van der Waals surface area contributed by atoms with Crippen molar-refractivity contribution in [2.45, 2.75) is 51.8 Å². The molecule has 146 valence electrons. The molecule has 0 bridgehead atoms. The van der Waals surface area contributed by atoms with E-state index >= 15 is 0 Å². The van der Waals surface area contributed by atoms with E-state index in [0.717, 1.165) is 17.7 Å². The maximum atomic E-state index is 11.9. The normalized spacial score (nSPS) is 19.6. The molecule has 1 aliphatic heterocycles. The molecule has 0 saturated carbocycles. The second-order valence-corrected chi connectivity index (χ2v) is 9.26. The molecule has 26 heavy (non-hydrogen) atoms. The Balaban J connectivity index is 2.00. The lowest BCUT2D eigenvalue weighted by molar-refractivity contribution is 0.0694. The van der Waals surface area contributed by atoms with Crippen LogP contribution in [0.1, 0.15) is 45.7 Å². The predicted molar refractivity (Wildman–Crippen MR) is 105 cm³/mol. The summed E-state index contributed by atoms with van der Waals surface area (Å²) in [6.45, 7) is 7.98. The Morgan fingerprint density at radius 2 is 2.04 bits per heavy atom. The molecule has 1 aromatic rings. The van der Waals surface area contributed by atoms with Crippen molar-refractivity contribution in [2.75, 3.05) is 19.3 Å². The van der Waals surface area contributed by atoms with Gasteiger partial charge in [0, 0.05) is 31.6 Å². The summed E-state index contributed by atoms with van der Waals surface area (Å²) in [6.07, 6.45) is 0.776. The van der Waals surface area contributed by atoms with Crippen LogP contribution < -0.4 is 20.1 Å². The van der Waals surface area contributed by atoms with E-state index < -0.39 is 10.0 Å². The van der Waals surface area contributed by atoms with E-state index in [-0.39, 0.29) is 30.0 Å². The molecule has 7 nitrogen and oxygen atoms in total. The first kappa shape index (κ1) is 20.5. The summed E-state index contributed by atoms with van der Waals surface area (Å²) in [5, 5.41) is 6.47. The van der Waals surface area contributed by atoms with Crippen LogP contribution >= 0.6 is 0 Å². The zero-order chi connectivity index (χ0) is 19.4. The molecule has 0 radical (unpaired) electrons. The minimum absolute atomic E-state index is 0.0122. The number of rotatable bonds is 6. The number of hydrogen-bond acceptors (Lipinski definition) is 4. The van der Waals surface area contributed by atoms with Crippen molar-refractivity contribution in [2.24, 2.45) is 4.99 Å². The van der Waals surface area contributed by atoms with Crippen molar-refractivity contribution in [1.29, 1.82) is 0 Å². The third-order valence-electron chi connectivity index (χ3n) is 3.99. The van der Waals surface area contributed by atoms with E-state index in [4.69, 9.17) is 4.74 Å². The lowest BCUT2D eigenvalue weighted by Gasteiger charge is -2.38. The van der Waals surface area contributed by atoms with E-state index in [0.29, 0.717) is 5.96 Å². The maximum Gasteiger partial charge on any atom is 0.213 e. The molecule has 0 aromatic heterocycles. The Labute approximate surface area is 156 Å². The first-order valence-electron chi connectivity index (χ1n) is 8.87. The molecule has 0 amide bonds. The first-order chi connectivity index (χ1) is 12.1. The van der Waals surface area contributed by atoms with Gasteiger partial charge < -0.3 is 15.4 Å². The van der Waals surface area contributed by atoms with Crippen LogP contribution in [0.4, 0.5) is 0 Å². The summed E-state index contributed by atoms with van der Waals surface area (Å²) in [7, 11) is -1.63. The molecule has 0 fully saturated rings. The van der Waals surface area contributed by atoms with Crippen LogP contribution in [0.25, 0.3) is 0 Å². The number of fused-ring (bicyclic) bond motifs is 1. The summed E-state index contributed by atoms with van der Waals surface area (Å²) < 4.78 is 32.5. The van der Waals surface area contributed by atoms with Gasteiger partial charge >= 0.3 is 0 Å². The van der Waals surface area contributed by atoms with E-state index in [1.807, 2.05) is 24.3 Å². The highest BCUT2D eigenvalue weighted by atomic mass is 32.2. The molecular formula is C18H30N4O3S. The standard InChI is InChI=1S/C18H30N4O3S/c1-13(2)22-26(23,24)11-10-20-17(19-5)21-15-12-18(3,4)25-16-9-7-6-8-14(15)16/h6-9,13,15,22H,10-12H2,1-5H3,(H2,19,20,21). The Morgan fingerprint density at radius 1 is 1.35 bits per heavy atom. The predicted octanol–water partition coefficient (Wildman–Crippen LogP) is 1.78. The fraction of sp³-hybridized carbons (Fsp3) is 0.611. The van der Waals surface area contributed by atoms with Gasteiger partial charge in [-0.2, -0.15) is 0 Å². The van der Waals surface area contributed by atoms with Crippen molar-refractivity contribution >= 4 is 16.0 Å². The Bertz CT molecular complexity index is 745. The van der Waals surface area contributed by atoms with E-state index in [1.54, 1.807) is 20.9 Å². The van der Waals surface area contributed by atoms with Crippen molar-refractivity contribution in [3.8, 4) is 5.75 Å². The fourth-order valence-electron chi connectivity index (χ4n) is 3.01. The molecule has 0 saturated heterocycles. The van der Waals surface area contributed by atoms with Crippen LogP contribution in [0.3, 0.4) is 0 Å². The van der Waals surface area contributed by atoms with E-state index in [2.05, 4.69) is 34.2 Å². The number of aliphatic imine (C=N–C) groups is 1. The fourth-order valence-corrected chi connectivity index (χ4v) is 4.22. The van der Waals surface area contributed by atoms with Crippen LogP contribution in [0.2, 0.25) is 0 Å². The van der Waals surface area contributed by atoms with Crippen molar-refractivity contribution in [1.82, 2.24) is 15.4 Å². The van der Waals surface area contributed by atoms with E-state index in [9.17, 15) is 8.42 Å². The largest absolute Gasteiger partial charge is 0.487 e. The smallest absolute Gasteiger partial charge is 0.213 e. The molecule has 0 spiro atoms. The van der Waals surface area contributed by atoms with Gasteiger partial charge in [0.2, 0.25) is 10.0 Å². The van der Waals surface area contributed by atoms with Gasteiger partial charge in [-0.3, -0.25) is 4.99 Å². The van der Waals surface area contributed by atoms with Crippen LogP contribution in [0.15, 0.2) is 29.3 Å². The summed E-state index contributed by atoms with van der Waals surface area (Å²) in [5.74, 6) is 1.42. The second kappa shape index (κ2) is 8.26. The van der Waals surface area contributed by atoms with Crippen molar-refractivity contribution in [3.63, 3.8) is 0 Å². The highest BCUT2D eigenvalue weighted by Gasteiger charge is 2.33. The van der Waals surface area contributed by atoms with Crippen molar-refractivity contribution in [3.05, 3.63) is 29.8 Å². The average molecular weight is 383 g/mol. The Hall–Kier alpha value is -1.80. The van der Waals surface area contributed by atoms with Gasteiger partial charge in [0.05, 0.1) is 11.8 Å². The molecule has 1 atom stereocenters. The maximum absolute atomic E-state index is 11.9. The number of sulfonamides is 1. The molecule has 1 aliphatic rings. The zero-order valence-corrected chi connectivity index (χ0v) is 17.0.